The summed E-state index contributed by atoms with van der Waals surface area (Å²) < 4.78 is 11.0. The van der Waals surface area contributed by atoms with Gasteiger partial charge in [0, 0.05) is 29.8 Å². The molecular formula is C23H27N3O5. The molecule has 1 fully saturated rings. The Hall–Kier alpha value is -3.55. The van der Waals surface area contributed by atoms with Gasteiger partial charge in [-0.2, -0.15) is 0 Å². The van der Waals surface area contributed by atoms with E-state index in [9.17, 15) is 14.4 Å². The van der Waals surface area contributed by atoms with Crippen LogP contribution in [0.25, 0.3) is 0 Å². The Balaban J connectivity index is 1.57. The maximum atomic E-state index is 12.4. The molecule has 3 rings (SSSR count). The second-order valence-electron chi connectivity index (χ2n) is 7.17. The van der Waals surface area contributed by atoms with Gasteiger partial charge in [-0.25, -0.2) is 0 Å². The molecule has 31 heavy (non-hydrogen) atoms. The Bertz CT molecular complexity index is 943. The van der Waals surface area contributed by atoms with Gasteiger partial charge in [0.25, 0.3) is 11.8 Å². The average molecular weight is 425 g/mol. The average Bonchev–Trinajstić information content (AvgIpc) is 3.23. The molecule has 0 unspecified atom stereocenters. The zero-order chi connectivity index (χ0) is 22.2. The summed E-state index contributed by atoms with van der Waals surface area (Å²) in [7, 11) is 1.50. The largest absolute Gasteiger partial charge is 0.493 e. The van der Waals surface area contributed by atoms with Crippen molar-refractivity contribution in [2.24, 2.45) is 0 Å². The van der Waals surface area contributed by atoms with Gasteiger partial charge in [-0.3, -0.25) is 25.2 Å². The van der Waals surface area contributed by atoms with Gasteiger partial charge in [-0.1, -0.05) is 13.3 Å². The predicted octanol–water partition coefficient (Wildman–Crippen LogP) is 3.08. The minimum atomic E-state index is -0.481. The van der Waals surface area contributed by atoms with E-state index in [0.29, 0.717) is 42.2 Å². The maximum absolute atomic E-state index is 12.4. The van der Waals surface area contributed by atoms with Crippen molar-refractivity contribution in [1.82, 2.24) is 10.9 Å². The molecule has 0 aromatic heterocycles. The van der Waals surface area contributed by atoms with Gasteiger partial charge in [0.05, 0.1) is 13.7 Å². The number of benzene rings is 2. The number of rotatable bonds is 8. The topological polar surface area (TPSA) is 97.0 Å². The molecule has 2 N–H and O–H groups in total. The highest BCUT2D eigenvalue weighted by Crippen LogP contribution is 2.28. The third-order valence-electron chi connectivity index (χ3n) is 4.99. The lowest BCUT2D eigenvalue weighted by Crippen LogP contribution is -2.41. The summed E-state index contributed by atoms with van der Waals surface area (Å²) in [4.78, 5) is 38.3. The predicted molar refractivity (Wildman–Crippen MR) is 116 cm³/mol. The lowest BCUT2D eigenvalue weighted by Gasteiger charge is -2.16. The number of nitrogens with one attached hydrogen (secondary N) is 2. The molecule has 1 aliphatic rings. The molecular weight excluding hydrogens is 398 g/mol. The fourth-order valence-corrected chi connectivity index (χ4v) is 3.23. The van der Waals surface area contributed by atoms with Gasteiger partial charge in [0.2, 0.25) is 5.91 Å². The molecule has 1 saturated heterocycles. The van der Waals surface area contributed by atoms with Crippen molar-refractivity contribution < 1.29 is 23.9 Å². The fraction of sp³-hybridized carbons (Fsp3) is 0.348. The molecule has 2 aromatic rings. The minimum Gasteiger partial charge on any atom is -0.493 e. The first-order chi connectivity index (χ1) is 15.0. The molecule has 0 bridgehead atoms. The Morgan fingerprint density at radius 1 is 1.00 bits per heavy atom. The van der Waals surface area contributed by atoms with Crippen LogP contribution in [0.1, 0.15) is 53.3 Å². The summed E-state index contributed by atoms with van der Waals surface area (Å²) in [5, 5.41) is 0. The summed E-state index contributed by atoms with van der Waals surface area (Å²) >= 11 is 0. The minimum absolute atomic E-state index is 0.0849. The van der Waals surface area contributed by atoms with Crippen molar-refractivity contribution in [2.75, 3.05) is 25.2 Å². The molecule has 1 aliphatic heterocycles. The van der Waals surface area contributed by atoms with Crippen LogP contribution in [0.2, 0.25) is 0 Å². The van der Waals surface area contributed by atoms with Gasteiger partial charge < -0.3 is 14.4 Å². The van der Waals surface area contributed by atoms with Crippen LogP contribution in [0.4, 0.5) is 5.69 Å². The second-order valence-corrected chi connectivity index (χ2v) is 7.17. The molecule has 0 saturated carbocycles. The number of methoxy groups -OCH3 is 1. The SMILES string of the molecule is CCCCOc1ccc(C(=O)NNC(=O)c2ccc(N3CCCC3=O)cc2)cc1OC. The molecule has 1 heterocycles. The molecule has 164 valence electrons. The highest BCUT2D eigenvalue weighted by molar-refractivity contribution is 6.00. The van der Waals surface area contributed by atoms with E-state index in [1.54, 1.807) is 47.4 Å². The highest BCUT2D eigenvalue weighted by Gasteiger charge is 2.21. The first-order valence-electron chi connectivity index (χ1n) is 10.4. The second kappa shape index (κ2) is 10.5. The molecule has 0 radical (unpaired) electrons. The van der Waals surface area contributed by atoms with Crippen molar-refractivity contribution in [1.29, 1.82) is 0 Å². The van der Waals surface area contributed by atoms with Crippen LogP contribution in [0.3, 0.4) is 0 Å². The fourth-order valence-electron chi connectivity index (χ4n) is 3.23. The summed E-state index contributed by atoms with van der Waals surface area (Å²) in [6.07, 6.45) is 3.32. The van der Waals surface area contributed by atoms with E-state index in [0.717, 1.165) is 24.9 Å². The van der Waals surface area contributed by atoms with Crippen LogP contribution >= 0.6 is 0 Å². The van der Waals surface area contributed by atoms with Crippen molar-refractivity contribution in [3.8, 4) is 11.5 Å². The lowest BCUT2D eigenvalue weighted by atomic mass is 10.2. The van der Waals surface area contributed by atoms with Crippen molar-refractivity contribution in [3.63, 3.8) is 0 Å². The third kappa shape index (κ3) is 5.53. The maximum Gasteiger partial charge on any atom is 0.269 e. The number of unbranched alkanes of at least 4 members (excludes halogenated alkanes) is 1. The van der Waals surface area contributed by atoms with Gasteiger partial charge in [-0.05, 0) is 55.3 Å². The number of hydrazine groups is 1. The van der Waals surface area contributed by atoms with E-state index in [-0.39, 0.29) is 5.91 Å². The zero-order valence-electron chi connectivity index (χ0n) is 17.8. The summed E-state index contributed by atoms with van der Waals surface area (Å²) in [5.41, 5.74) is 6.25. The normalized spacial score (nSPS) is 13.1. The quantitative estimate of drug-likeness (QED) is 0.500. The van der Waals surface area contributed by atoms with E-state index < -0.39 is 11.8 Å². The monoisotopic (exact) mass is 425 g/mol. The molecule has 8 nitrogen and oxygen atoms in total. The van der Waals surface area contributed by atoms with Crippen molar-refractivity contribution in [3.05, 3.63) is 53.6 Å². The molecule has 0 atom stereocenters. The number of carbonyl (C=O) groups excluding carboxylic acids is 3. The molecule has 2 aromatic carbocycles. The van der Waals surface area contributed by atoms with Crippen molar-refractivity contribution >= 4 is 23.4 Å². The number of carbonyl (C=O) groups is 3. The molecule has 0 spiro atoms. The Morgan fingerprint density at radius 3 is 2.29 bits per heavy atom. The first-order valence-corrected chi connectivity index (χ1v) is 10.4. The Labute approximate surface area is 181 Å². The summed E-state index contributed by atoms with van der Waals surface area (Å²) in [6.45, 7) is 3.33. The van der Waals surface area contributed by atoms with Gasteiger partial charge in [0.1, 0.15) is 0 Å². The highest BCUT2D eigenvalue weighted by atomic mass is 16.5. The zero-order valence-corrected chi connectivity index (χ0v) is 17.8. The standard InChI is InChI=1S/C23H27N3O5/c1-3-4-14-31-19-12-9-17(15-20(19)30-2)23(29)25-24-22(28)16-7-10-18(11-8-16)26-13-5-6-21(26)27/h7-12,15H,3-6,13-14H2,1-2H3,(H,24,28)(H,25,29). The van der Waals surface area contributed by atoms with Crippen LogP contribution in [0, 0.1) is 0 Å². The summed E-state index contributed by atoms with van der Waals surface area (Å²) in [6, 6.07) is 11.5. The molecule has 3 amide bonds. The van der Waals surface area contributed by atoms with E-state index in [1.165, 1.54) is 7.11 Å². The molecule has 8 heteroatoms. The van der Waals surface area contributed by atoms with Crippen LogP contribution < -0.4 is 25.2 Å². The van der Waals surface area contributed by atoms with Crippen LogP contribution in [-0.2, 0) is 4.79 Å². The van der Waals surface area contributed by atoms with E-state index in [2.05, 4.69) is 17.8 Å². The van der Waals surface area contributed by atoms with E-state index in [4.69, 9.17) is 9.47 Å². The number of amides is 3. The number of nitrogens with zero attached hydrogens (tertiary/aromatic N) is 1. The van der Waals surface area contributed by atoms with Gasteiger partial charge >= 0.3 is 0 Å². The number of hydrogen-bond acceptors (Lipinski definition) is 5. The number of hydrogen-bond donors (Lipinski definition) is 2. The third-order valence-corrected chi connectivity index (χ3v) is 4.99. The first kappa shape index (κ1) is 22.1. The smallest absolute Gasteiger partial charge is 0.269 e. The summed E-state index contributed by atoms with van der Waals surface area (Å²) in [5.74, 6) is 0.155. The van der Waals surface area contributed by atoms with Crippen molar-refractivity contribution in [2.45, 2.75) is 32.6 Å². The van der Waals surface area contributed by atoms with Crippen LogP contribution in [0.5, 0.6) is 11.5 Å². The van der Waals surface area contributed by atoms with Crippen LogP contribution in [-0.4, -0.2) is 38.0 Å². The van der Waals surface area contributed by atoms with Gasteiger partial charge in [-0.15, -0.1) is 0 Å². The Kier molecular flexibility index (Phi) is 7.48. The van der Waals surface area contributed by atoms with E-state index >= 15 is 0 Å². The lowest BCUT2D eigenvalue weighted by molar-refractivity contribution is -0.117. The number of ether oxygens (including phenoxy) is 2. The molecule has 0 aliphatic carbocycles. The van der Waals surface area contributed by atoms with Gasteiger partial charge in [0.15, 0.2) is 11.5 Å². The van der Waals surface area contributed by atoms with E-state index in [1.807, 2.05) is 0 Å². The Morgan fingerprint density at radius 2 is 1.68 bits per heavy atom. The number of anilines is 1. The van der Waals surface area contributed by atoms with Crippen LogP contribution in [0.15, 0.2) is 42.5 Å².